The van der Waals surface area contributed by atoms with E-state index in [2.05, 4.69) is 4.65 Å². The second kappa shape index (κ2) is 5.09. The van der Waals surface area contributed by atoms with Crippen LogP contribution in [0.25, 0.3) is 0 Å². The fraction of sp³-hybridized carbons (Fsp3) is 0. The number of rotatable bonds is 2. The van der Waals surface area contributed by atoms with E-state index in [-0.39, 0.29) is 20.3 Å². The smallest absolute Gasteiger partial charge is 1.00 e. The molecule has 0 aromatic carbocycles. The van der Waals surface area contributed by atoms with Crippen molar-refractivity contribution in [2.45, 2.75) is 0 Å². The van der Waals surface area contributed by atoms with Crippen molar-refractivity contribution in [2.24, 2.45) is 0 Å². The van der Waals surface area contributed by atoms with Crippen LogP contribution in [0.1, 0.15) is 1.43 Å². The number of carbonyl (C=O) groups excluding carboxylic acids is 2. The van der Waals surface area contributed by atoms with Crippen LogP contribution < -0.4 is 18.9 Å². The molecule has 1 aliphatic carbocycles. The molecule has 16 heavy (non-hydrogen) atoms. The van der Waals surface area contributed by atoms with E-state index in [1.54, 1.807) is 0 Å². The predicted octanol–water partition coefficient (Wildman–Crippen LogP) is -4.66. The number of carbonyl (C=O) groups is 2. The van der Waals surface area contributed by atoms with Crippen molar-refractivity contribution in [3.63, 3.8) is 0 Å². The van der Waals surface area contributed by atoms with Crippen molar-refractivity contribution < 1.29 is 59.9 Å². The van der Waals surface area contributed by atoms with Gasteiger partial charge in [-0.15, -0.1) is 0 Å². The Balaban J connectivity index is 0. The van der Waals surface area contributed by atoms with Crippen LogP contribution in [0.3, 0.4) is 0 Å². The Morgan fingerprint density at radius 1 is 0.938 bits per heavy atom. The molecule has 0 atom stereocenters. The van der Waals surface area contributed by atoms with Crippen molar-refractivity contribution >= 4 is 18.9 Å². The molecule has 0 aliphatic heterocycles. The van der Waals surface area contributed by atoms with Gasteiger partial charge in [-0.3, -0.25) is 9.59 Å². The van der Waals surface area contributed by atoms with Crippen LogP contribution in [0.2, 0.25) is 0 Å². The molecule has 1 aliphatic rings. The maximum atomic E-state index is 11.0. The Morgan fingerprint density at radius 2 is 1.38 bits per heavy atom. The molecular weight excluding hydrogens is 218 g/mol. The van der Waals surface area contributed by atoms with Gasteiger partial charge in [0.2, 0.25) is 23.0 Å². The number of Topliss-reactive ketones (excluding diaryl/α,β-unsaturated/α-hetero) is 2. The maximum Gasteiger partial charge on any atom is 1.00 e. The molecule has 1 rings (SSSR count). The van der Waals surface area contributed by atoms with E-state index >= 15 is 0 Å². The van der Waals surface area contributed by atoms with Crippen molar-refractivity contribution in [1.82, 2.24) is 0 Å². The van der Waals surface area contributed by atoms with Crippen LogP contribution in [0.4, 0.5) is 0 Å². The molecule has 82 valence electrons. The molecule has 8 nitrogen and oxygen atoms in total. The summed E-state index contributed by atoms with van der Waals surface area (Å²) in [6.45, 7) is 0. The molecule has 10 heteroatoms. The quantitative estimate of drug-likeness (QED) is 0.232. The van der Waals surface area contributed by atoms with Crippen LogP contribution >= 0.6 is 0 Å². The second-order valence-corrected chi connectivity index (χ2v) is 2.48. The largest absolute Gasteiger partial charge is 1.00 e. The van der Waals surface area contributed by atoms with E-state index in [9.17, 15) is 9.59 Å². The molecule has 5 N–H and O–H groups in total. The van der Waals surface area contributed by atoms with E-state index < -0.39 is 41.9 Å². The standard InChI is InChI=1S/C6H5BO8.Li.H/c8-1-2(9)4(11)6(15-7(13)14)5(12)3(1)10;;/h8-9,12-14H;;/q;+1;-1. The first-order chi connectivity index (χ1) is 6.86. The van der Waals surface area contributed by atoms with Crippen LogP contribution in [0.15, 0.2) is 23.0 Å². The Bertz CT molecular complexity index is 403. The summed E-state index contributed by atoms with van der Waals surface area (Å²) >= 11 is 0. The number of aliphatic hydroxyl groups excluding tert-OH is 3. The van der Waals surface area contributed by atoms with Crippen molar-refractivity contribution in [3.05, 3.63) is 23.0 Å². The van der Waals surface area contributed by atoms with Gasteiger partial charge in [0.1, 0.15) is 0 Å². The zero-order chi connectivity index (χ0) is 11.7. The van der Waals surface area contributed by atoms with Crippen LogP contribution in [-0.4, -0.2) is 44.3 Å². The number of hydrogen-bond acceptors (Lipinski definition) is 8. The fourth-order valence-electron chi connectivity index (χ4n) is 0.860. The molecule has 0 bridgehead atoms. The Labute approximate surface area is 102 Å². The molecule has 0 unspecified atom stereocenters. The average molecular weight is 224 g/mol. The number of ketones is 2. The van der Waals surface area contributed by atoms with Gasteiger partial charge in [-0.25, -0.2) is 0 Å². The van der Waals surface area contributed by atoms with Gasteiger partial charge < -0.3 is 31.4 Å². The predicted molar refractivity (Wildman–Crippen MR) is 44.3 cm³/mol. The van der Waals surface area contributed by atoms with Gasteiger partial charge in [-0.2, -0.15) is 0 Å². The molecule has 0 fully saturated rings. The molecule has 0 saturated heterocycles. The fourth-order valence-corrected chi connectivity index (χ4v) is 0.860. The average Bonchev–Trinajstić information content (AvgIpc) is 2.18. The molecule has 0 saturated carbocycles. The summed E-state index contributed by atoms with van der Waals surface area (Å²) in [7, 11) is -2.45. The Hall–Kier alpha value is -1.40. The van der Waals surface area contributed by atoms with Gasteiger partial charge in [-0.1, -0.05) is 0 Å². The van der Waals surface area contributed by atoms with Gasteiger partial charge in [0.15, 0.2) is 0 Å². The third kappa shape index (κ3) is 2.40. The summed E-state index contributed by atoms with van der Waals surface area (Å²) in [6, 6.07) is 0. The molecule has 0 heterocycles. The third-order valence-electron chi connectivity index (χ3n) is 1.51. The molecule has 0 radical (unpaired) electrons. The van der Waals surface area contributed by atoms with E-state index in [1.165, 1.54) is 0 Å². The van der Waals surface area contributed by atoms with Gasteiger partial charge in [0.25, 0.3) is 11.6 Å². The summed E-state index contributed by atoms with van der Waals surface area (Å²) in [4.78, 5) is 21.9. The van der Waals surface area contributed by atoms with E-state index in [4.69, 9.17) is 25.4 Å². The molecular formula is C6H6BLiO8. The number of hydrogen-bond donors (Lipinski definition) is 5. The summed E-state index contributed by atoms with van der Waals surface area (Å²) < 4.78 is 3.97. The Kier molecular flexibility index (Phi) is 4.64. The topological polar surface area (TPSA) is 145 Å². The van der Waals surface area contributed by atoms with Crippen LogP contribution in [-0.2, 0) is 14.2 Å². The molecule has 0 amide bonds. The minimum absolute atomic E-state index is 0. The zero-order valence-corrected chi connectivity index (χ0v) is 8.04. The van der Waals surface area contributed by atoms with Gasteiger partial charge in [0, 0.05) is 0 Å². The van der Waals surface area contributed by atoms with E-state index in [0.29, 0.717) is 0 Å². The summed E-state index contributed by atoms with van der Waals surface area (Å²) in [6.07, 6.45) is 0. The minimum Gasteiger partial charge on any atom is -1.00 e. The minimum atomic E-state index is -2.45. The first-order valence-electron chi connectivity index (χ1n) is 3.54. The van der Waals surface area contributed by atoms with Gasteiger partial charge >= 0.3 is 26.2 Å². The number of aliphatic hydroxyl groups is 3. The van der Waals surface area contributed by atoms with E-state index in [1.807, 2.05) is 0 Å². The summed E-state index contributed by atoms with van der Waals surface area (Å²) in [5, 5.41) is 43.4. The second-order valence-electron chi connectivity index (χ2n) is 2.48. The maximum absolute atomic E-state index is 11.0. The summed E-state index contributed by atoms with van der Waals surface area (Å²) in [5.74, 6) is -8.03. The SMILES string of the molecule is O=C1C(O)=C(O)C(=O)C(OB(O)O)=C1O.[H-].[Li+]. The summed E-state index contributed by atoms with van der Waals surface area (Å²) in [5.41, 5.74) is 0. The van der Waals surface area contributed by atoms with Crippen LogP contribution in [0, 0.1) is 0 Å². The Morgan fingerprint density at radius 3 is 1.81 bits per heavy atom. The monoisotopic (exact) mass is 224 g/mol. The molecule has 0 aromatic rings. The molecule has 0 aromatic heterocycles. The van der Waals surface area contributed by atoms with Crippen LogP contribution in [0.5, 0.6) is 0 Å². The van der Waals surface area contributed by atoms with Gasteiger partial charge in [0.05, 0.1) is 0 Å². The van der Waals surface area contributed by atoms with Gasteiger partial charge in [-0.05, 0) is 0 Å². The first-order valence-corrected chi connectivity index (χ1v) is 3.54. The van der Waals surface area contributed by atoms with Crippen molar-refractivity contribution in [3.8, 4) is 0 Å². The zero-order valence-electron chi connectivity index (χ0n) is 9.04. The van der Waals surface area contributed by atoms with Crippen molar-refractivity contribution in [2.75, 3.05) is 0 Å². The van der Waals surface area contributed by atoms with E-state index in [0.717, 1.165) is 0 Å². The normalized spacial score (nSPS) is 16.1. The van der Waals surface area contributed by atoms with Crippen molar-refractivity contribution in [1.29, 1.82) is 0 Å². The first kappa shape index (κ1) is 14.6. The third-order valence-corrected chi connectivity index (χ3v) is 1.51. The molecule has 0 spiro atoms.